The molecule has 0 aliphatic carbocycles. The standard InChI is InChI=1S/C12H13Cl/c1-8(2)10-5-6-11(9(3)4)12(13)7-10/h5-7H,1,3H2,2,4H3. The van der Waals surface area contributed by atoms with E-state index in [9.17, 15) is 0 Å². The van der Waals surface area contributed by atoms with Crippen molar-refractivity contribution in [2.45, 2.75) is 13.8 Å². The summed E-state index contributed by atoms with van der Waals surface area (Å²) in [6.07, 6.45) is 0. The van der Waals surface area contributed by atoms with E-state index in [0.29, 0.717) is 0 Å². The minimum atomic E-state index is 0.744. The van der Waals surface area contributed by atoms with Crippen LogP contribution in [0.5, 0.6) is 0 Å². The fourth-order valence-electron chi connectivity index (χ4n) is 1.13. The van der Waals surface area contributed by atoms with Gasteiger partial charge in [0.15, 0.2) is 0 Å². The van der Waals surface area contributed by atoms with Gasteiger partial charge in [-0.05, 0) is 36.6 Å². The van der Waals surface area contributed by atoms with Crippen LogP contribution in [0.1, 0.15) is 25.0 Å². The van der Waals surface area contributed by atoms with Crippen molar-refractivity contribution in [2.75, 3.05) is 0 Å². The Morgan fingerprint density at radius 2 is 1.77 bits per heavy atom. The Hall–Kier alpha value is -1.01. The van der Waals surface area contributed by atoms with E-state index in [4.69, 9.17) is 11.6 Å². The van der Waals surface area contributed by atoms with E-state index < -0.39 is 0 Å². The highest BCUT2D eigenvalue weighted by Gasteiger charge is 2.02. The highest BCUT2D eigenvalue weighted by molar-refractivity contribution is 6.32. The maximum atomic E-state index is 6.07. The van der Waals surface area contributed by atoms with Gasteiger partial charge in [-0.15, -0.1) is 0 Å². The molecule has 0 nitrogen and oxygen atoms in total. The Bertz CT molecular complexity index is 361. The molecule has 0 unspecified atom stereocenters. The highest BCUT2D eigenvalue weighted by Crippen LogP contribution is 2.25. The van der Waals surface area contributed by atoms with Crippen molar-refractivity contribution in [2.24, 2.45) is 0 Å². The van der Waals surface area contributed by atoms with Gasteiger partial charge in [0, 0.05) is 5.02 Å². The van der Waals surface area contributed by atoms with E-state index in [1.165, 1.54) is 0 Å². The average molecular weight is 193 g/mol. The zero-order chi connectivity index (χ0) is 10.0. The minimum Gasteiger partial charge on any atom is -0.0955 e. The maximum absolute atomic E-state index is 6.07. The van der Waals surface area contributed by atoms with Gasteiger partial charge in [0.25, 0.3) is 0 Å². The molecule has 0 heterocycles. The van der Waals surface area contributed by atoms with Gasteiger partial charge in [0.2, 0.25) is 0 Å². The Labute approximate surface area is 84.5 Å². The van der Waals surface area contributed by atoms with Crippen LogP contribution in [0.15, 0.2) is 31.4 Å². The van der Waals surface area contributed by atoms with Crippen LogP contribution in [0.3, 0.4) is 0 Å². The largest absolute Gasteiger partial charge is 0.0955 e. The first-order chi connectivity index (χ1) is 6.02. The van der Waals surface area contributed by atoms with Crippen molar-refractivity contribution >= 4 is 22.7 Å². The summed E-state index contributed by atoms with van der Waals surface area (Å²) in [5.41, 5.74) is 4.09. The summed E-state index contributed by atoms with van der Waals surface area (Å²) in [5, 5.41) is 0.744. The number of hydrogen-bond acceptors (Lipinski definition) is 0. The van der Waals surface area contributed by atoms with Crippen LogP contribution >= 0.6 is 11.6 Å². The molecule has 1 rings (SSSR count). The van der Waals surface area contributed by atoms with E-state index in [1.807, 2.05) is 32.0 Å². The van der Waals surface area contributed by atoms with Crippen molar-refractivity contribution in [1.29, 1.82) is 0 Å². The third-order valence-electron chi connectivity index (χ3n) is 1.92. The van der Waals surface area contributed by atoms with Crippen LogP contribution in [-0.2, 0) is 0 Å². The van der Waals surface area contributed by atoms with Crippen molar-refractivity contribution < 1.29 is 0 Å². The van der Waals surface area contributed by atoms with Crippen molar-refractivity contribution in [3.63, 3.8) is 0 Å². The lowest BCUT2D eigenvalue weighted by Gasteiger charge is -2.06. The Morgan fingerprint density at radius 1 is 1.15 bits per heavy atom. The SMILES string of the molecule is C=C(C)c1ccc(C(=C)C)c(Cl)c1. The van der Waals surface area contributed by atoms with Crippen LogP contribution in [-0.4, -0.2) is 0 Å². The molecule has 0 spiro atoms. The Morgan fingerprint density at radius 3 is 2.15 bits per heavy atom. The number of rotatable bonds is 2. The van der Waals surface area contributed by atoms with Crippen molar-refractivity contribution in [3.05, 3.63) is 47.5 Å². The van der Waals surface area contributed by atoms with Gasteiger partial charge in [-0.2, -0.15) is 0 Å². The molecule has 0 radical (unpaired) electrons. The van der Waals surface area contributed by atoms with Crippen LogP contribution in [0.25, 0.3) is 11.1 Å². The first-order valence-electron chi connectivity index (χ1n) is 4.13. The van der Waals surface area contributed by atoms with E-state index in [2.05, 4.69) is 13.2 Å². The lowest BCUT2D eigenvalue weighted by atomic mass is 10.0. The molecule has 0 fully saturated rings. The van der Waals surface area contributed by atoms with Gasteiger partial charge in [-0.3, -0.25) is 0 Å². The van der Waals surface area contributed by atoms with E-state index in [-0.39, 0.29) is 0 Å². The monoisotopic (exact) mass is 192 g/mol. The molecule has 0 aromatic heterocycles. The fourth-order valence-corrected chi connectivity index (χ4v) is 1.47. The molecule has 0 atom stereocenters. The Kier molecular flexibility index (Phi) is 2.94. The van der Waals surface area contributed by atoms with Gasteiger partial charge < -0.3 is 0 Å². The zero-order valence-corrected chi connectivity index (χ0v) is 8.78. The van der Waals surface area contributed by atoms with Gasteiger partial charge in [-0.1, -0.05) is 42.5 Å². The minimum absolute atomic E-state index is 0.744. The Balaban J connectivity index is 3.20. The van der Waals surface area contributed by atoms with Crippen molar-refractivity contribution in [3.8, 4) is 0 Å². The molecule has 0 aliphatic heterocycles. The first-order valence-corrected chi connectivity index (χ1v) is 4.51. The summed E-state index contributed by atoms with van der Waals surface area (Å²) < 4.78 is 0. The molecule has 0 aliphatic rings. The second kappa shape index (κ2) is 3.80. The molecule has 0 N–H and O–H groups in total. The van der Waals surface area contributed by atoms with Gasteiger partial charge in [-0.25, -0.2) is 0 Å². The lowest BCUT2D eigenvalue weighted by Crippen LogP contribution is -1.83. The molecule has 1 aromatic carbocycles. The molecule has 68 valence electrons. The summed E-state index contributed by atoms with van der Waals surface area (Å²) in [4.78, 5) is 0. The number of halogens is 1. The lowest BCUT2D eigenvalue weighted by molar-refractivity contribution is 1.52. The molecular formula is C12H13Cl. The van der Waals surface area contributed by atoms with Crippen molar-refractivity contribution in [1.82, 2.24) is 0 Å². The average Bonchev–Trinajstić information content (AvgIpc) is 2.03. The highest BCUT2D eigenvalue weighted by atomic mass is 35.5. The smallest absolute Gasteiger partial charge is 0.0486 e. The van der Waals surface area contributed by atoms with Crippen LogP contribution in [0.2, 0.25) is 5.02 Å². The zero-order valence-electron chi connectivity index (χ0n) is 8.02. The topological polar surface area (TPSA) is 0 Å². The summed E-state index contributed by atoms with van der Waals surface area (Å²) in [6.45, 7) is 11.6. The van der Waals surface area contributed by atoms with E-state index in [0.717, 1.165) is 27.3 Å². The quantitative estimate of drug-likeness (QED) is 0.652. The summed E-state index contributed by atoms with van der Waals surface area (Å²) in [7, 11) is 0. The number of benzene rings is 1. The second-order valence-corrected chi connectivity index (χ2v) is 3.66. The third-order valence-corrected chi connectivity index (χ3v) is 2.23. The van der Waals surface area contributed by atoms with Crippen LogP contribution in [0.4, 0.5) is 0 Å². The predicted octanol–water partition coefficient (Wildman–Crippen LogP) is 4.41. The first kappa shape index (κ1) is 10.1. The van der Waals surface area contributed by atoms with Gasteiger partial charge in [0.05, 0.1) is 0 Å². The number of hydrogen-bond donors (Lipinski definition) is 0. The summed E-state index contributed by atoms with van der Waals surface area (Å²) >= 11 is 6.07. The summed E-state index contributed by atoms with van der Waals surface area (Å²) in [6, 6.07) is 5.92. The maximum Gasteiger partial charge on any atom is 0.0486 e. The van der Waals surface area contributed by atoms with Gasteiger partial charge in [0.1, 0.15) is 0 Å². The predicted molar refractivity (Wildman–Crippen MR) is 60.9 cm³/mol. The van der Waals surface area contributed by atoms with E-state index >= 15 is 0 Å². The van der Waals surface area contributed by atoms with Crippen LogP contribution < -0.4 is 0 Å². The molecule has 0 saturated carbocycles. The molecule has 1 heteroatoms. The fraction of sp³-hybridized carbons (Fsp3) is 0.167. The normalized spacial score (nSPS) is 9.77. The van der Waals surface area contributed by atoms with Crippen LogP contribution in [0, 0.1) is 0 Å². The molecule has 0 amide bonds. The molecule has 1 aromatic rings. The second-order valence-electron chi connectivity index (χ2n) is 3.26. The van der Waals surface area contributed by atoms with Gasteiger partial charge >= 0.3 is 0 Å². The molecule has 0 saturated heterocycles. The molecule has 0 bridgehead atoms. The molecule has 13 heavy (non-hydrogen) atoms. The van der Waals surface area contributed by atoms with E-state index in [1.54, 1.807) is 0 Å². The summed E-state index contributed by atoms with van der Waals surface area (Å²) in [5.74, 6) is 0. The molecular weight excluding hydrogens is 180 g/mol. The number of allylic oxidation sites excluding steroid dienone is 2. The third kappa shape index (κ3) is 2.22.